The third kappa shape index (κ3) is 3.94. The minimum Gasteiger partial charge on any atom is -0.409 e. The summed E-state index contributed by atoms with van der Waals surface area (Å²) in [6.07, 6.45) is 3.06. The minimum atomic E-state index is 0.234. The van der Waals surface area contributed by atoms with E-state index in [1.54, 1.807) is 11.3 Å². The molecule has 1 aliphatic rings. The lowest BCUT2D eigenvalue weighted by atomic mass is 10.00. The van der Waals surface area contributed by atoms with Crippen LogP contribution in [-0.4, -0.2) is 28.5 Å². The molecule has 0 aromatic carbocycles. The van der Waals surface area contributed by atoms with Gasteiger partial charge in [0.2, 0.25) is 0 Å². The Bertz CT molecular complexity index is 424. The summed E-state index contributed by atoms with van der Waals surface area (Å²) in [4.78, 5) is 3.89. The van der Waals surface area contributed by atoms with Crippen molar-refractivity contribution in [2.45, 2.75) is 45.7 Å². The van der Waals surface area contributed by atoms with Gasteiger partial charge in [-0.15, -0.1) is 11.3 Å². The zero-order valence-corrected chi connectivity index (χ0v) is 12.5. The number of hydrogen-bond donors (Lipinski definition) is 2. The van der Waals surface area contributed by atoms with Crippen LogP contribution in [0, 0.1) is 5.41 Å². The van der Waals surface area contributed by atoms with Gasteiger partial charge in [-0.1, -0.05) is 11.2 Å². The predicted molar refractivity (Wildman–Crippen MR) is 79.6 cm³/mol. The van der Waals surface area contributed by atoms with E-state index in [4.69, 9.17) is 10.9 Å². The number of oxime groups is 1. The smallest absolute Gasteiger partial charge is 0.139 e. The predicted octanol–water partition coefficient (Wildman–Crippen LogP) is 2.88. The molecule has 2 rings (SSSR count). The summed E-state index contributed by atoms with van der Waals surface area (Å²) in [5.41, 5.74) is 5.90. The molecule has 1 aromatic rings. The fourth-order valence-electron chi connectivity index (χ4n) is 2.44. The van der Waals surface area contributed by atoms with Gasteiger partial charge in [0.1, 0.15) is 5.84 Å². The lowest BCUT2D eigenvalue weighted by Crippen LogP contribution is -2.37. The summed E-state index contributed by atoms with van der Waals surface area (Å²) in [6, 6.07) is 4.79. The molecule has 0 atom stereocenters. The van der Waals surface area contributed by atoms with E-state index < -0.39 is 0 Å². The lowest BCUT2D eigenvalue weighted by Gasteiger charge is -2.30. The fraction of sp³-hybridized carbons (Fsp3) is 0.643. The van der Waals surface area contributed by atoms with Crippen LogP contribution in [0.25, 0.3) is 0 Å². The van der Waals surface area contributed by atoms with Crippen molar-refractivity contribution in [1.82, 2.24) is 4.90 Å². The number of nitrogens with two attached hydrogens (primary N) is 1. The third-order valence-corrected chi connectivity index (χ3v) is 4.71. The van der Waals surface area contributed by atoms with Gasteiger partial charge in [0, 0.05) is 30.4 Å². The number of nitrogens with zero attached hydrogens (tertiary/aromatic N) is 2. The van der Waals surface area contributed by atoms with Crippen molar-refractivity contribution < 1.29 is 5.21 Å². The van der Waals surface area contributed by atoms with Gasteiger partial charge < -0.3 is 10.9 Å². The molecule has 5 heteroatoms. The molecule has 0 spiro atoms. The van der Waals surface area contributed by atoms with Crippen LogP contribution in [0.3, 0.4) is 0 Å². The molecule has 1 heterocycles. The lowest BCUT2D eigenvalue weighted by molar-refractivity contribution is 0.172. The molecule has 0 amide bonds. The van der Waals surface area contributed by atoms with Crippen LogP contribution in [0.5, 0.6) is 0 Å². The number of amidine groups is 1. The normalized spacial score (nSPS) is 18.2. The number of thiophene rings is 1. The second-order valence-electron chi connectivity index (χ2n) is 5.85. The summed E-state index contributed by atoms with van der Waals surface area (Å²) < 4.78 is 0. The maximum atomic E-state index is 8.73. The summed E-state index contributed by atoms with van der Waals surface area (Å²) in [7, 11) is 0. The second kappa shape index (κ2) is 5.92. The Balaban J connectivity index is 1.97. The van der Waals surface area contributed by atoms with Crippen LogP contribution in [0.4, 0.5) is 0 Å². The van der Waals surface area contributed by atoms with Crippen molar-refractivity contribution >= 4 is 17.2 Å². The first-order chi connectivity index (χ1) is 9.04. The Kier molecular flexibility index (Phi) is 4.47. The molecule has 0 unspecified atom stereocenters. The largest absolute Gasteiger partial charge is 0.409 e. The summed E-state index contributed by atoms with van der Waals surface area (Å²) in [5.74, 6) is 0.359. The molecule has 0 saturated heterocycles. The molecule has 106 valence electrons. The van der Waals surface area contributed by atoms with E-state index in [2.05, 4.69) is 41.4 Å². The Morgan fingerprint density at radius 2 is 2.32 bits per heavy atom. The summed E-state index contributed by atoms with van der Waals surface area (Å²) >= 11 is 1.80. The maximum Gasteiger partial charge on any atom is 0.139 e. The van der Waals surface area contributed by atoms with Crippen LogP contribution < -0.4 is 5.73 Å². The molecule has 1 aromatic heterocycles. The van der Waals surface area contributed by atoms with Crippen molar-refractivity contribution in [2.24, 2.45) is 16.3 Å². The zero-order chi connectivity index (χ0) is 13.9. The Morgan fingerprint density at radius 1 is 1.58 bits per heavy atom. The fourth-order valence-corrected chi connectivity index (χ4v) is 3.17. The standard InChI is InChI=1S/C14H23N3OS/c1-11(2)17(9-12-4-3-7-19-12)10-14(5-6-14)8-13(15)16-18/h3-4,7,11,18H,5-6,8-10H2,1-2H3,(H2,15,16). The maximum absolute atomic E-state index is 8.73. The van der Waals surface area contributed by atoms with Gasteiger partial charge in [0.25, 0.3) is 0 Å². The highest BCUT2D eigenvalue weighted by atomic mass is 32.1. The van der Waals surface area contributed by atoms with Crippen LogP contribution >= 0.6 is 11.3 Å². The van der Waals surface area contributed by atoms with Crippen molar-refractivity contribution in [3.8, 4) is 0 Å². The zero-order valence-electron chi connectivity index (χ0n) is 11.7. The molecule has 1 fully saturated rings. The van der Waals surface area contributed by atoms with Gasteiger partial charge >= 0.3 is 0 Å². The highest BCUT2D eigenvalue weighted by Crippen LogP contribution is 2.49. The van der Waals surface area contributed by atoms with E-state index in [-0.39, 0.29) is 5.41 Å². The van der Waals surface area contributed by atoms with Crippen LogP contribution in [0.2, 0.25) is 0 Å². The van der Waals surface area contributed by atoms with E-state index in [1.807, 2.05) is 0 Å². The highest BCUT2D eigenvalue weighted by Gasteiger charge is 2.44. The molecule has 0 radical (unpaired) electrons. The van der Waals surface area contributed by atoms with E-state index in [9.17, 15) is 0 Å². The summed E-state index contributed by atoms with van der Waals surface area (Å²) in [6.45, 7) is 6.48. The molecular formula is C14H23N3OS. The number of rotatable bonds is 7. The Hall–Kier alpha value is -1.07. The van der Waals surface area contributed by atoms with Crippen molar-refractivity contribution in [2.75, 3.05) is 6.54 Å². The Labute approximate surface area is 118 Å². The molecule has 1 aliphatic carbocycles. The number of hydrogen-bond acceptors (Lipinski definition) is 4. The SMILES string of the molecule is CC(C)N(Cc1cccs1)CC1(CC(N)=NO)CC1. The minimum absolute atomic E-state index is 0.234. The summed E-state index contributed by atoms with van der Waals surface area (Å²) in [5, 5.41) is 14.0. The molecule has 0 bridgehead atoms. The van der Waals surface area contributed by atoms with E-state index in [0.29, 0.717) is 18.3 Å². The van der Waals surface area contributed by atoms with E-state index >= 15 is 0 Å². The Morgan fingerprint density at radius 3 is 2.79 bits per heavy atom. The van der Waals surface area contributed by atoms with Gasteiger partial charge in [-0.3, -0.25) is 4.90 Å². The van der Waals surface area contributed by atoms with Gasteiger partial charge in [0.05, 0.1) is 0 Å². The molecule has 19 heavy (non-hydrogen) atoms. The van der Waals surface area contributed by atoms with Gasteiger partial charge in [-0.05, 0) is 43.6 Å². The molecule has 4 nitrogen and oxygen atoms in total. The van der Waals surface area contributed by atoms with E-state index in [1.165, 1.54) is 17.7 Å². The average molecular weight is 281 g/mol. The van der Waals surface area contributed by atoms with Gasteiger partial charge in [0.15, 0.2) is 0 Å². The molecule has 1 saturated carbocycles. The van der Waals surface area contributed by atoms with Crippen molar-refractivity contribution in [3.05, 3.63) is 22.4 Å². The monoisotopic (exact) mass is 281 g/mol. The molecule has 0 aliphatic heterocycles. The quantitative estimate of drug-likeness (QED) is 0.350. The molecule has 3 N–H and O–H groups in total. The van der Waals surface area contributed by atoms with Crippen LogP contribution in [0.15, 0.2) is 22.7 Å². The average Bonchev–Trinajstić information content (AvgIpc) is 2.91. The van der Waals surface area contributed by atoms with Crippen molar-refractivity contribution in [1.29, 1.82) is 0 Å². The first kappa shape index (κ1) is 14.3. The topological polar surface area (TPSA) is 61.8 Å². The van der Waals surface area contributed by atoms with Gasteiger partial charge in [-0.2, -0.15) is 0 Å². The van der Waals surface area contributed by atoms with Crippen LogP contribution in [-0.2, 0) is 6.54 Å². The van der Waals surface area contributed by atoms with Gasteiger partial charge in [-0.25, -0.2) is 0 Å². The third-order valence-electron chi connectivity index (χ3n) is 3.85. The first-order valence-corrected chi connectivity index (χ1v) is 7.65. The first-order valence-electron chi connectivity index (χ1n) is 6.77. The second-order valence-corrected chi connectivity index (χ2v) is 6.88. The molecular weight excluding hydrogens is 258 g/mol. The van der Waals surface area contributed by atoms with Crippen molar-refractivity contribution in [3.63, 3.8) is 0 Å². The van der Waals surface area contributed by atoms with Crippen LogP contribution in [0.1, 0.15) is 38.0 Å². The highest BCUT2D eigenvalue weighted by molar-refractivity contribution is 7.09. The van der Waals surface area contributed by atoms with E-state index in [0.717, 1.165) is 13.1 Å².